The lowest BCUT2D eigenvalue weighted by atomic mass is 9.96. The third kappa shape index (κ3) is 2.70. The average molecular weight is 287 g/mol. The number of anilines is 1. The van der Waals surface area contributed by atoms with Crippen molar-refractivity contribution in [3.8, 4) is 0 Å². The monoisotopic (exact) mass is 287 g/mol. The van der Waals surface area contributed by atoms with E-state index in [4.69, 9.17) is 4.98 Å². The number of fused-ring (bicyclic) bond motifs is 1. The first-order chi connectivity index (χ1) is 9.54. The van der Waals surface area contributed by atoms with E-state index in [-0.39, 0.29) is 5.41 Å². The third-order valence-electron chi connectivity index (χ3n) is 3.78. The first-order valence-corrected chi connectivity index (χ1v) is 7.97. The summed E-state index contributed by atoms with van der Waals surface area (Å²) in [6.45, 7) is 8.57. The Bertz CT molecular complexity index is 571. The number of hydrogen-bond donors (Lipinski definition) is 0. The van der Waals surface area contributed by atoms with Crippen LogP contribution in [0.4, 0.5) is 5.13 Å². The van der Waals surface area contributed by atoms with Crippen LogP contribution in [-0.4, -0.2) is 22.4 Å². The molecule has 106 valence electrons. The van der Waals surface area contributed by atoms with E-state index in [1.54, 1.807) is 0 Å². The Labute approximate surface area is 124 Å². The van der Waals surface area contributed by atoms with Gasteiger partial charge in [-0.2, -0.15) is 4.37 Å². The molecule has 4 heteroatoms. The van der Waals surface area contributed by atoms with E-state index in [1.165, 1.54) is 22.7 Å². The van der Waals surface area contributed by atoms with Gasteiger partial charge in [0.15, 0.2) is 0 Å². The van der Waals surface area contributed by atoms with Gasteiger partial charge in [-0.1, -0.05) is 45.0 Å². The van der Waals surface area contributed by atoms with Crippen LogP contribution in [-0.2, 0) is 18.3 Å². The fraction of sp³-hybridized carbons (Fsp3) is 0.500. The largest absolute Gasteiger partial charge is 0.346 e. The van der Waals surface area contributed by atoms with Gasteiger partial charge >= 0.3 is 0 Å². The summed E-state index contributed by atoms with van der Waals surface area (Å²) in [5, 5.41) is 1.07. The average Bonchev–Trinajstić information content (AvgIpc) is 2.81. The maximum absolute atomic E-state index is 4.74. The molecule has 1 aliphatic heterocycles. The van der Waals surface area contributed by atoms with Gasteiger partial charge in [0.05, 0.1) is 0 Å². The van der Waals surface area contributed by atoms with Crippen molar-refractivity contribution in [2.24, 2.45) is 0 Å². The molecule has 0 N–H and O–H groups in total. The Morgan fingerprint density at radius 3 is 2.15 bits per heavy atom. The molecule has 0 radical (unpaired) electrons. The lowest BCUT2D eigenvalue weighted by Crippen LogP contribution is -2.26. The molecule has 0 spiro atoms. The predicted molar refractivity (Wildman–Crippen MR) is 84.7 cm³/mol. The molecule has 1 aromatic heterocycles. The van der Waals surface area contributed by atoms with Crippen molar-refractivity contribution in [3.05, 3.63) is 41.2 Å². The minimum absolute atomic E-state index is 0.0313. The molecule has 0 atom stereocenters. The molecule has 0 amide bonds. The Morgan fingerprint density at radius 2 is 1.65 bits per heavy atom. The van der Waals surface area contributed by atoms with Gasteiger partial charge in [-0.15, -0.1) is 0 Å². The SMILES string of the molecule is CC(C)(C)c1nsc(N2CCc3ccccc3CC2)n1. The molecule has 1 aromatic carbocycles. The second kappa shape index (κ2) is 5.17. The van der Waals surface area contributed by atoms with Crippen LogP contribution in [0.5, 0.6) is 0 Å². The van der Waals surface area contributed by atoms with Crippen LogP contribution in [0.2, 0.25) is 0 Å². The maximum Gasteiger partial charge on any atom is 0.205 e. The zero-order valence-corrected chi connectivity index (χ0v) is 13.2. The molecule has 0 saturated heterocycles. The van der Waals surface area contributed by atoms with Gasteiger partial charge < -0.3 is 4.90 Å². The fourth-order valence-electron chi connectivity index (χ4n) is 2.51. The van der Waals surface area contributed by atoms with Crippen molar-refractivity contribution in [3.63, 3.8) is 0 Å². The summed E-state index contributed by atoms with van der Waals surface area (Å²) in [6.07, 6.45) is 2.20. The highest BCUT2D eigenvalue weighted by Crippen LogP contribution is 2.27. The Balaban J connectivity index is 1.78. The van der Waals surface area contributed by atoms with Crippen LogP contribution in [0.1, 0.15) is 37.7 Å². The van der Waals surface area contributed by atoms with E-state index in [0.29, 0.717) is 0 Å². The summed E-state index contributed by atoms with van der Waals surface area (Å²) in [7, 11) is 0. The van der Waals surface area contributed by atoms with E-state index in [9.17, 15) is 0 Å². The van der Waals surface area contributed by atoms with E-state index in [1.807, 2.05) is 0 Å². The molecular weight excluding hydrogens is 266 g/mol. The summed E-state index contributed by atoms with van der Waals surface area (Å²) in [5.74, 6) is 0.958. The lowest BCUT2D eigenvalue weighted by molar-refractivity contribution is 0.554. The molecule has 0 aliphatic carbocycles. The summed E-state index contributed by atoms with van der Waals surface area (Å²) < 4.78 is 4.53. The standard InChI is InChI=1S/C16H21N3S/c1-16(2,3)14-17-15(20-18-14)19-10-8-12-6-4-5-7-13(12)9-11-19/h4-7H,8-11H2,1-3H3. The van der Waals surface area contributed by atoms with Crippen molar-refractivity contribution in [1.82, 2.24) is 9.36 Å². The second-order valence-corrected chi connectivity index (χ2v) is 7.14. The highest BCUT2D eigenvalue weighted by Gasteiger charge is 2.22. The van der Waals surface area contributed by atoms with Crippen LogP contribution in [0.25, 0.3) is 0 Å². The van der Waals surface area contributed by atoms with Crippen LogP contribution >= 0.6 is 11.5 Å². The summed E-state index contributed by atoms with van der Waals surface area (Å²) >= 11 is 1.54. The molecule has 3 nitrogen and oxygen atoms in total. The molecule has 0 bridgehead atoms. The van der Waals surface area contributed by atoms with Gasteiger partial charge in [0.1, 0.15) is 5.82 Å². The topological polar surface area (TPSA) is 29.0 Å². The van der Waals surface area contributed by atoms with Crippen molar-refractivity contribution < 1.29 is 0 Å². The summed E-state index contributed by atoms with van der Waals surface area (Å²) in [6, 6.07) is 8.77. The molecule has 20 heavy (non-hydrogen) atoms. The van der Waals surface area contributed by atoms with Gasteiger partial charge in [0, 0.05) is 30.0 Å². The van der Waals surface area contributed by atoms with E-state index < -0.39 is 0 Å². The van der Waals surface area contributed by atoms with Crippen molar-refractivity contribution >= 4 is 16.7 Å². The van der Waals surface area contributed by atoms with Crippen molar-refractivity contribution in [2.75, 3.05) is 18.0 Å². The highest BCUT2D eigenvalue weighted by atomic mass is 32.1. The van der Waals surface area contributed by atoms with Gasteiger partial charge in [-0.25, -0.2) is 4.98 Å². The maximum atomic E-state index is 4.74. The smallest absolute Gasteiger partial charge is 0.205 e. The predicted octanol–water partition coefficient (Wildman–Crippen LogP) is 3.44. The minimum Gasteiger partial charge on any atom is -0.346 e. The van der Waals surface area contributed by atoms with Gasteiger partial charge in [0.2, 0.25) is 5.13 Å². The molecule has 0 saturated carbocycles. The Hall–Kier alpha value is -1.42. The number of nitrogens with zero attached hydrogens (tertiary/aromatic N) is 3. The zero-order chi connectivity index (χ0) is 14.2. The van der Waals surface area contributed by atoms with Crippen LogP contribution in [0.3, 0.4) is 0 Å². The molecule has 2 aromatic rings. The second-order valence-electron chi connectivity index (χ2n) is 6.41. The first kappa shape index (κ1) is 13.6. The van der Waals surface area contributed by atoms with Crippen LogP contribution in [0, 0.1) is 0 Å². The number of hydrogen-bond acceptors (Lipinski definition) is 4. The normalized spacial score (nSPS) is 15.8. The molecule has 3 rings (SSSR count). The molecule has 1 aliphatic rings. The molecular formula is C16H21N3S. The summed E-state index contributed by atoms with van der Waals surface area (Å²) in [4.78, 5) is 7.12. The number of benzene rings is 1. The van der Waals surface area contributed by atoms with Gasteiger partial charge in [0.25, 0.3) is 0 Å². The first-order valence-electron chi connectivity index (χ1n) is 7.20. The third-order valence-corrected chi connectivity index (χ3v) is 4.55. The minimum atomic E-state index is 0.0313. The Morgan fingerprint density at radius 1 is 1.05 bits per heavy atom. The molecule has 0 fully saturated rings. The van der Waals surface area contributed by atoms with Crippen LogP contribution in [0.15, 0.2) is 24.3 Å². The van der Waals surface area contributed by atoms with Gasteiger partial charge in [-0.3, -0.25) is 0 Å². The molecule has 0 unspecified atom stereocenters. The zero-order valence-electron chi connectivity index (χ0n) is 12.4. The number of rotatable bonds is 1. The van der Waals surface area contributed by atoms with Crippen LogP contribution < -0.4 is 4.90 Å². The van der Waals surface area contributed by atoms with E-state index in [2.05, 4.69) is 54.3 Å². The quantitative estimate of drug-likeness (QED) is 0.804. The van der Waals surface area contributed by atoms with Crippen molar-refractivity contribution in [2.45, 2.75) is 39.0 Å². The van der Waals surface area contributed by atoms with Gasteiger partial charge in [-0.05, 0) is 24.0 Å². The highest BCUT2D eigenvalue weighted by molar-refractivity contribution is 7.09. The Kier molecular flexibility index (Phi) is 3.50. The molecule has 2 heterocycles. The summed E-state index contributed by atoms with van der Waals surface area (Å²) in [5.41, 5.74) is 3.00. The van der Waals surface area contributed by atoms with E-state index >= 15 is 0 Å². The van der Waals surface area contributed by atoms with E-state index in [0.717, 1.165) is 36.9 Å². The lowest BCUT2D eigenvalue weighted by Gasteiger charge is -2.18. The van der Waals surface area contributed by atoms with Crippen molar-refractivity contribution in [1.29, 1.82) is 0 Å². The fourth-order valence-corrected chi connectivity index (χ4v) is 3.42. The number of aromatic nitrogens is 2.